The van der Waals surface area contributed by atoms with Crippen LogP contribution in [0.2, 0.25) is 5.02 Å². The predicted octanol–water partition coefficient (Wildman–Crippen LogP) is 3.66. The Morgan fingerprint density at radius 1 is 1.19 bits per heavy atom. The van der Waals surface area contributed by atoms with Gasteiger partial charge in [-0.2, -0.15) is 5.10 Å². The third-order valence-electron chi connectivity index (χ3n) is 5.03. The second-order valence-corrected chi connectivity index (χ2v) is 7.16. The van der Waals surface area contributed by atoms with Crippen LogP contribution in [0.4, 0.5) is 10.2 Å². The molecule has 0 radical (unpaired) electrons. The summed E-state index contributed by atoms with van der Waals surface area (Å²) < 4.78 is 15.6. The summed E-state index contributed by atoms with van der Waals surface area (Å²) in [6.45, 7) is 3.63. The molecule has 5 rings (SSSR count). The van der Waals surface area contributed by atoms with Gasteiger partial charge < -0.3 is 10.6 Å². The van der Waals surface area contributed by atoms with Gasteiger partial charge in [-0.25, -0.2) is 14.4 Å². The Balaban J connectivity index is 1.76. The minimum absolute atomic E-state index is 0.249. The molecule has 4 aromatic rings. The maximum atomic E-state index is 15.6. The summed E-state index contributed by atoms with van der Waals surface area (Å²) >= 11 is 6.57. The van der Waals surface area contributed by atoms with Crippen molar-refractivity contribution in [2.24, 2.45) is 0 Å². The zero-order valence-electron chi connectivity index (χ0n) is 14.5. The van der Waals surface area contributed by atoms with Gasteiger partial charge in [0.2, 0.25) is 0 Å². The molecule has 8 heteroatoms. The number of aryl methyl sites for hydroxylation is 1. The quantitative estimate of drug-likeness (QED) is 0.504. The van der Waals surface area contributed by atoms with E-state index in [1.165, 1.54) is 6.33 Å². The molecule has 2 aromatic heterocycles. The van der Waals surface area contributed by atoms with Crippen molar-refractivity contribution in [1.29, 1.82) is 0 Å². The van der Waals surface area contributed by atoms with Crippen molar-refractivity contribution in [3.63, 3.8) is 0 Å². The fraction of sp³-hybridized carbons (Fsp3) is 0.211. The summed E-state index contributed by atoms with van der Waals surface area (Å²) in [4.78, 5) is 8.48. The number of benzene rings is 2. The van der Waals surface area contributed by atoms with E-state index >= 15 is 4.39 Å². The maximum absolute atomic E-state index is 15.6. The molecule has 6 nitrogen and oxygen atoms in total. The molecule has 0 aliphatic carbocycles. The molecule has 0 spiro atoms. The standard InChI is InChI=1S/C19H16ClFN6/c1-9-2-3-14-12(7-25-27-14)15(9)16-13(20)4-11-18(17(16)21)23-8-24-19(11)26-10-5-22-6-10/h2-4,7-8,10,22H,5-6H2,1H3,(H,25,27)(H,23,24,26). The lowest BCUT2D eigenvalue weighted by Crippen LogP contribution is -2.51. The highest BCUT2D eigenvalue weighted by molar-refractivity contribution is 6.35. The van der Waals surface area contributed by atoms with Crippen molar-refractivity contribution in [2.45, 2.75) is 13.0 Å². The Kier molecular flexibility index (Phi) is 3.73. The van der Waals surface area contributed by atoms with Crippen molar-refractivity contribution in [3.8, 4) is 11.1 Å². The van der Waals surface area contributed by atoms with Crippen molar-refractivity contribution in [3.05, 3.63) is 47.1 Å². The summed E-state index contributed by atoms with van der Waals surface area (Å²) in [6.07, 6.45) is 3.07. The van der Waals surface area contributed by atoms with Crippen LogP contribution in [0.15, 0.2) is 30.7 Å². The lowest BCUT2D eigenvalue weighted by Gasteiger charge is -2.28. The molecule has 0 unspecified atom stereocenters. The highest BCUT2D eigenvalue weighted by Gasteiger charge is 2.23. The van der Waals surface area contributed by atoms with E-state index in [0.29, 0.717) is 21.8 Å². The first-order valence-corrected chi connectivity index (χ1v) is 9.04. The van der Waals surface area contributed by atoms with Crippen molar-refractivity contribution < 1.29 is 4.39 Å². The first-order chi connectivity index (χ1) is 13.1. The van der Waals surface area contributed by atoms with Crippen LogP contribution >= 0.6 is 11.6 Å². The average molecular weight is 383 g/mol. The Hall–Kier alpha value is -2.77. The van der Waals surface area contributed by atoms with Gasteiger partial charge in [-0.15, -0.1) is 0 Å². The molecule has 1 fully saturated rings. The Morgan fingerprint density at radius 2 is 2.04 bits per heavy atom. The third-order valence-corrected chi connectivity index (χ3v) is 5.32. The van der Waals surface area contributed by atoms with E-state index in [1.54, 1.807) is 12.3 Å². The molecule has 0 atom stereocenters. The Bertz CT molecular complexity index is 1180. The minimum Gasteiger partial charge on any atom is -0.364 e. The minimum atomic E-state index is -0.452. The van der Waals surface area contributed by atoms with E-state index in [9.17, 15) is 0 Å². The summed E-state index contributed by atoms with van der Waals surface area (Å²) in [5, 5.41) is 15.2. The Morgan fingerprint density at radius 3 is 2.81 bits per heavy atom. The van der Waals surface area contributed by atoms with Gasteiger partial charge in [0.15, 0.2) is 5.82 Å². The van der Waals surface area contributed by atoms with Crippen LogP contribution in [0, 0.1) is 12.7 Å². The number of fused-ring (bicyclic) bond motifs is 2. The topological polar surface area (TPSA) is 78.5 Å². The number of hydrogen-bond acceptors (Lipinski definition) is 5. The molecule has 1 saturated heterocycles. The normalized spacial score (nSPS) is 14.6. The van der Waals surface area contributed by atoms with E-state index in [4.69, 9.17) is 11.6 Å². The SMILES string of the molecule is Cc1ccc2[nH]ncc2c1-c1c(Cl)cc2c(NC3CNC3)ncnc2c1F. The monoisotopic (exact) mass is 382 g/mol. The van der Waals surface area contributed by atoms with Crippen molar-refractivity contribution in [2.75, 3.05) is 18.4 Å². The number of halogens is 2. The first-order valence-electron chi connectivity index (χ1n) is 8.66. The molecule has 1 aliphatic heterocycles. The molecule has 2 aromatic carbocycles. The van der Waals surface area contributed by atoms with Crippen LogP contribution < -0.4 is 10.6 Å². The van der Waals surface area contributed by atoms with E-state index in [-0.39, 0.29) is 11.6 Å². The zero-order valence-corrected chi connectivity index (χ0v) is 15.2. The average Bonchev–Trinajstić information content (AvgIpc) is 3.09. The number of rotatable bonds is 3. The van der Waals surface area contributed by atoms with Gasteiger partial charge in [-0.3, -0.25) is 5.10 Å². The molecule has 3 heterocycles. The fourth-order valence-corrected chi connectivity index (χ4v) is 3.80. The number of nitrogens with zero attached hydrogens (tertiary/aromatic N) is 3. The molecular weight excluding hydrogens is 367 g/mol. The zero-order chi connectivity index (χ0) is 18.5. The Labute approximate surface area is 159 Å². The summed E-state index contributed by atoms with van der Waals surface area (Å²) in [7, 11) is 0. The van der Waals surface area contributed by atoms with E-state index in [2.05, 4.69) is 30.8 Å². The maximum Gasteiger partial charge on any atom is 0.158 e. The molecule has 3 N–H and O–H groups in total. The molecule has 0 saturated carbocycles. The van der Waals surface area contributed by atoms with Crippen LogP contribution in [0.25, 0.3) is 32.9 Å². The van der Waals surface area contributed by atoms with Crippen LogP contribution in [0.1, 0.15) is 5.56 Å². The first kappa shape index (κ1) is 16.4. The van der Waals surface area contributed by atoms with E-state index in [1.807, 2.05) is 19.1 Å². The highest BCUT2D eigenvalue weighted by atomic mass is 35.5. The largest absolute Gasteiger partial charge is 0.364 e. The summed E-state index contributed by atoms with van der Waals surface area (Å²) in [5.74, 6) is 0.142. The number of H-pyrrole nitrogens is 1. The summed E-state index contributed by atoms with van der Waals surface area (Å²) in [5.41, 5.74) is 3.05. The van der Waals surface area contributed by atoms with Crippen LogP contribution in [-0.2, 0) is 0 Å². The number of anilines is 1. The predicted molar refractivity (Wildman–Crippen MR) is 105 cm³/mol. The molecular formula is C19H16ClFN6. The van der Waals surface area contributed by atoms with Crippen LogP contribution in [0.5, 0.6) is 0 Å². The van der Waals surface area contributed by atoms with Gasteiger partial charge in [-0.05, 0) is 24.6 Å². The van der Waals surface area contributed by atoms with Crippen molar-refractivity contribution >= 4 is 39.2 Å². The molecule has 0 amide bonds. The highest BCUT2D eigenvalue weighted by Crippen LogP contribution is 2.41. The molecule has 136 valence electrons. The number of nitrogens with one attached hydrogen (secondary N) is 3. The van der Waals surface area contributed by atoms with Crippen LogP contribution in [-0.4, -0.2) is 39.3 Å². The van der Waals surface area contributed by atoms with Gasteiger partial charge in [0.05, 0.1) is 22.8 Å². The second-order valence-electron chi connectivity index (χ2n) is 6.75. The third kappa shape index (κ3) is 2.54. The van der Waals surface area contributed by atoms with Crippen LogP contribution in [0.3, 0.4) is 0 Å². The second kappa shape index (κ2) is 6.14. The van der Waals surface area contributed by atoms with Gasteiger partial charge in [0, 0.05) is 35.0 Å². The molecule has 1 aliphatic rings. The van der Waals surface area contributed by atoms with Gasteiger partial charge in [-0.1, -0.05) is 17.7 Å². The number of aromatic amines is 1. The molecule has 0 bridgehead atoms. The van der Waals surface area contributed by atoms with Gasteiger partial charge in [0.25, 0.3) is 0 Å². The van der Waals surface area contributed by atoms with E-state index in [0.717, 1.165) is 35.1 Å². The number of hydrogen-bond donors (Lipinski definition) is 3. The smallest absolute Gasteiger partial charge is 0.158 e. The van der Waals surface area contributed by atoms with E-state index < -0.39 is 5.82 Å². The lowest BCUT2D eigenvalue weighted by atomic mass is 9.95. The van der Waals surface area contributed by atoms with Gasteiger partial charge >= 0.3 is 0 Å². The fourth-order valence-electron chi connectivity index (χ4n) is 3.52. The van der Waals surface area contributed by atoms with Crippen molar-refractivity contribution in [1.82, 2.24) is 25.5 Å². The lowest BCUT2D eigenvalue weighted by molar-refractivity contribution is 0.471. The number of aromatic nitrogens is 4. The van der Waals surface area contributed by atoms with Gasteiger partial charge in [0.1, 0.15) is 17.7 Å². The summed E-state index contributed by atoms with van der Waals surface area (Å²) in [6, 6.07) is 5.85. The molecule has 27 heavy (non-hydrogen) atoms.